The summed E-state index contributed by atoms with van der Waals surface area (Å²) in [5.41, 5.74) is 1.12. The molecule has 1 aliphatic rings. The van der Waals surface area contributed by atoms with Crippen molar-refractivity contribution < 1.29 is 0 Å². The van der Waals surface area contributed by atoms with Gasteiger partial charge < -0.3 is 5.32 Å². The van der Waals surface area contributed by atoms with E-state index in [9.17, 15) is 0 Å². The van der Waals surface area contributed by atoms with Crippen molar-refractivity contribution in [1.82, 2.24) is 20.3 Å². The third-order valence-electron chi connectivity index (χ3n) is 4.01. The van der Waals surface area contributed by atoms with Gasteiger partial charge in [0.2, 0.25) is 0 Å². The monoisotopic (exact) mass is 250 g/mol. The van der Waals surface area contributed by atoms with Gasteiger partial charge >= 0.3 is 0 Å². The van der Waals surface area contributed by atoms with Gasteiger partial charge in [0.15, 0.2) is 0 Å². The summed E-state index contributed by atoms with van der Waals surface area (Å²) in [7, 11) is 1.93. The van der Waals surface area contributed by atoms with Crippen LogP contribution in [-0.2, 0) is 13.5 Å². The number of hydrogen-bond donors (Lipinski definition) is 1. The first-order valence-electron chi connectivity index (χ1n) is 7.38. The average Bonchev–Trinajstić information content (AvgIpc) is 2.63. The Hall–Kier alpha value is -0.900. The maximum Gasteiger partial charge on any atom is 0.0842 e. The van der Waals surface area contributed by atoms with Crippen LogP contribution in [0.25, 0.3) is 0 Å². The molecule has 0 amide bonds. The highest BCUT2D eigenvalue weighted by atomic mass is 15.4. The van der Waals surface area contributed by atoms with Gasteiger partial charge in [0, 0.05) is 25.7 Å². The zero-order valence-electron chi connectivity index (χ0n) is 11.7. The Morgan fingerprint density at radius 3 is 2.61 bits per heavy atom. The Bertz CT molecular complexity index is 339. The lowest BCUT2D eigenvalue weighted by atomic mass is 9.89. The zero-order valence-corrected chi connectivity index (χ0v) is 11.7. The summed E-state index contributed by atoms with van der Waals surface area (Å²) in [5.74, 6) is 0.814. The van der Waals surface area contributed by atoms with Gasteiger partial charge in [-0.25, -0.2) is 0 Å². The summed E-state index contributed by atoms with van der Waals surface area (Å²) in [6.07, 6.45) is 11.4. The molecule has 1 aromatic heterocycles. The topological polar surface area (TPSA) is 42.7 Å². The Kier molecular flexibility index (Phi) is 5.17. The second-order valence-electron chi connectivity index (χ2n) is 5.50. The van der Waals surface area contributed by atoms with Crippen LogP contribution < -0.4 is 5.32 Å². The highest BCUT2D eigenvalue weighted by Crippen LogP contribution is 2.26. The van der Waals surface area contributed by atoms with Crippen LogP contribution in [0.1, 0.15) is 51.1 Å². The molecule has 1 aromatic rings. The molecule has 2 rings (SSSR count). The predicted octanol–water partition coefficient (Wildman–Crippen LogP) is 2.31. The van der Waals surface area contributed by atoms with E-state index in [1.165, 1.54) is 38.5 Å². The molecule has 102 valence electrons. The number of aryl methyl sites for hydroxylation is 1. The van der Waals surface area contributed by atoms with E-state index in [0.717, 1.165) is 24.6 Å². The lowest BCUT2D eigenvalue weighted by Gasteiger charge is -2.26. The van der Waals surface area contributed by atoms with Gasteiger partial charge in [-0.3, -0.25) is 4.68 Å². The van der Waals surface area contributed by atoms with Crippen LogP contribution in [0, 0.1) is 5.92 Å². The molecule has 0 saturated heterocycles. The molecule has 0 radical (unpaired) electrons. The fourth-order valence-electron chi connectivity index (χ4n) is 3.10. The van der Waals surface area contributed by atoms with Crippen molar-refractivity contribution in [3.05, 3.63) is 11.9 Å². The Labute approximate surface area is 110 Å². The molecule has 1 aliphatic carbocycles. The van der Waals surface area contributed by atoms with Crippen molar-refractivity contribution in [1.29, 1.82) is 0 Å². The van der Waals surface area contributed by atoms with E-state index < -0.39 is 0 Å². The Balaban J connectivity index is 1.97. The van der Waals surface area contributed by atoms with Gasteiger partial charge in [-0.15, -0.1) is 5.10 Å². The van der Waals surface area contributed by atoms with Crippen LogP contribution in [0.15, 0.2) is 6.20 Å². The van der Waals surface area contributed by atoms with Gasteiger partial charge in [-0.2, -0.15) is 0 Å². The van der Waals surface area contributed by atoms with E-state index in [2.05, 4.69) is 22.6 Å². The fraction of sp³-hybridized carbons (Fsp3) is 0.857. The Morgan fingerprint density at radius 2 is 2.06 bits per heavy atom. The molecule has 1 unspecified atom stereocenters. The van der Waals surface area contributed by atoms with E-state index in [4.69, 9.17) is 0 Å². The number of aromatic nitrogens is 3. The SMILES string of the molecule is CCNC(Cc1cn(C)nn1)C1CCCCCC1. The molecular weight excluding hydrogens is 224 g/mol. The molecule has 1 atom stereocenters. The molecule has 0 aromatic carbocycles. The molecule has 1 fully saturated rings. The minimum absolute atomic E-state index is 0.574. The summed E-state index contributed by atoms with van der Waals surface area (Å²) < 4.78 is 1.80. The van der Waals surface area contributed by atoms with Crippen molar-refractivity contribution in [2.75, 3.05) is 6.54 Å². The molecule has 0 bridgehead atoms. The van der Waals surface area contributed by atoms with Crippen molar-refractivity contribution in [3.8, 4) is 0 Å². The molecule has 1 saturated carbocycles. The number of likely N-dealkylation sites (N-methyl/N-ethyl adjacent to an activating group) is 1. The van der Waals surface area contributed by atoms with Crippen LogP contribution in [0.3, 0.4) is 0 Å². The van der Waals surface area contributed by atoms with E-state index in [0.29, 0.717) is 6.04 Å². The molecule has 0 spiro atoms. The second-order valence-corrected chi connectivity index (χ2v) is 5.50. The van der Waals surface area contributed by atoms with E-state index in [1.54, 1.807) is 4.68 Å². The van der Waals surface area contributed by atoms with Crippen LogP contribution >= 0.6 is 0 Å². The van der Waals surface area contributed by atoms with Crippen LogP contribution in [0.4, 0.5) is 0 Å². The van der Waals surface area contributed by atoms with Crippen molar-refractivity contribution in [2.24, 2.45) is 13.0 Å². The summed E-state index contributed by atoms with van der Waals surface area (Å²) in [6, 6.07) is 0.574. The predicted molar refractivity (Wildman–Crippen MR) is 73.4 cm³/mol. The van der Waals surface area contributed by atoms with Gasteiger partial charge in [0.05, 0.1) is 5.69 Å². The molecule has 1 N–H and O–H groups in total. The fourth-order valence-corrected chi connectivity index (χ4v) is 3.10. The number of rotatable bonds is 5. The number of hydrogen-bond acceptors (Lipinski definition) is 3. The van der Waals surface area contributed by atoms with Crippen molar-refractivity contribution in [3.63, 3.8) is 0 Å². The van der Waals surface area contributed by atoms with Gasteiger partial charge in [0.25, 0.3) is 0 Å². The molecular formula is C14H26N4. The number of nitrogens with zero attached hydrogens (tertiary/aromatic N) is 3. The zero-order chi connectivity index (χ0) is 12.8. The second kappa shape index (κ2) is 6.88. The van der Waals surface area contributed by atoms with Crippen molar-refractivity contribution in [2.45, 2.75) is 57.9 Å². The van der Waals surface area contributed by atoms with Gasteiger partial charge in [0.1, 0.15) is 0 Å². The summed E-state index contributed by atoms with van der Waals surface area (Å²) >= 11 is 0. The molecule has 4 heteroatoms. The third kappa shape index (κ3) is 3.80. The van der Waals surface area contributed by atoms with Crippen molar-refractivity contribution >= 4 is 0 Å². The van der Waals surface area contributed by atoms with Crippen LogP contribution in [0.2, 0.25) is 0 Å². The summed E-state index contributed by atoms with van der Waals surface area (Å²) in [4.78, 5) is 0. The quantitative estimate of drug-likeness (QED) is 0.815. The normalized spacial score (nSPS) is 19.7. The molecule has 0 aliphatic heterocycles. The molecule has 4 nitrogen and oxygen atoms in total. The third-order valence-corrected chi connectivity index (χ3v) is 4.01. The molecule has 1 heterocycles. The minimum atomic E-state index is 0.574. The molecule has 18 heavy (non-hydrogen) atoms. The van der Waals surface area contributed by atoms with Crippen LogP contribution in [0.5, 0.6) is 0 Å². The van der Waals surface area contributed by atoms with E-state index in [1.807, 2.05) is 13.2 Å². The maximum absolute atomic E-state index is 4.23. The first-order valence-corrected chi connectivity index (χ1v) is 7.38. The van der Waals surface area contributed by atoms with Gasteiger partial charge in [-0.05, 0) is 25.3 Å². The highest BCUT2D eigenvalue weighted by molar-refractivity contribution is 4.97. The lowest BCUT2D eigenvalue weighted by Crippen LogP contribution is -2.38. The smallest absolute Gasteiger partial charge is 0.0842 e. The largest absolute Gasteiger partial charge is 0.314 e. The first kappa shape index (κ1) is 13.5. The number of nitrogens with one attached hydrogen (secondary N) is 1. The standard InChI is InChI=1S/C14H26N4/c1-3-15-14(10-13-11-18(2)17-16-13)12-8-6-4-5-7-9-12/h11-12,14-15H,3-10H2,1-2H3. The highest BCUT2D eigenvalue weighted by Gasteiger charge is 2.23. The summed E-state index contributed by atoms with van der Waals surface area (Å²) in [6.45, 7) is 3.24. The van der Waals surface area contributed by atoms with E-state index in [-0.39, 0.29) is 0 Å². The van der Waals surface area contributed by atoms with E-state index >= 15 is 0 Å². The Morgan fingerprint density at radius 1 is 1.33 bits per heavy atom. The average molecular weight is 250 g/mol. The van der Waals surface area contributed by atoms with Gasteiger partial charge in [-0.1, -0.05) is 37.8 Å². The van der Waals surface area contributed by atoms with Crippen LogP contribution in [-0.4, -0.2) is 27.6 Å². The lowest BCUT2D eigenvalue weighted by molar-refractivity contribution is 0.320. The summed E-state index contributed by atoms with van der Waals surface area (Å²) in [5, 5.41) is 11.9. The maximum atomic E-state index is 4.23. The minimum Gasteiger partial charge on any atom is -0.314 e. The first-order chi connectivity index (χ1) is 8.79.